The second kappa shape index (κ2) is 6.01. The van der Waals surface area contributed by atoms with Crippen LogP contribution in [0.15, 0.2) is 24.3 Å². The lowest BCUT2D eigenvalue weighted by molar-refractivity contribution is 0.559. The van der Waals surface area contributed by atoms with Crippen LogP contribution in [-0.2, 0) is 6.54 Å². The van der Waals surface area contributed by atoms with Gasteiger partial charge >= 0.3 is 0 Å². The number of fused-ring (bicyclic) bond motifs is 1. The number of aryl methyl sites for hydroxylation is 1. The van der Waals surface area contributed by atoms with Crippen LogP contribution in [0, 0.1) is 0 Å². The fraction of sp³-hybridized carbons (Fsp3) is 0.533. The first-order chi connectivity index (χ1) is 8.77. The van der Waals surface area contributed by atoms with E-state index in [-0.39, 0.29) is 0 Å². The highest BCUT2D eigenvalue weighted by atomic mass is 15.1. The van der Waals surface area contributed by atoms with Crippen LogP contribution >= 0.6 is 0 Å². The summed E-state index contributed by atoms with van der Waals surface area (Å²) < 4.78 is 2.37. The van der Waals surface area contributed by atoms with Gasteiger partial charge in [-0.3, -0.25) is 0 Å². The first-order valence-electron chi connectivity index (χ1n) is 6.93. The van der Waals surface area contributed by atoms with Crippen LogP contribution in [0.25, 0.3) is 11.0 Å². The quantitative estimate of drug-likeness (QED) is 0.848. The Balaban J connectivity index is 2.38. The van der Waals surface area contributed by atoms with E-state index in [4.69, 9.17) is 10.7 Å². The molecule has 3 heteroatoms. The zero-order chi connectivity index (χ0) is 13.0. The predicted octanol–water partition coefficient (Wildman–Crippen LogP) is 3.29. The van der Waals surface area contributed by atoms with Gasteiger partial charge in [0.05, 0.1) is 11.0 Å². The number of rotatable bonds is 6. The van der Waals surface area contributed by atoms with Crippen LogP contribution in [0.2, 0.25) is 0 Å². The molecule has 1 heterocycles. The summed E-state index contributed by atoms with van der Waals surface area (Å²) in [6.07, 6.45) is 3.32. The molecular weight excluding hydrogens is 222 g/mol. The third-order valence-electron chi connectivity index (χ3n) is 3.41. The summed E-state index contributed by atoms with van der Waals surface area (Å²) in [5.74, 6) is 1.69. The van der Waals surface area contributed by atoms with Gasteiger partial charge in [0.1, 0.15) is 5.82 Å². The van der Waals surface area contributed by atoms with Gasteiger partial charge in [-0.1, -0.05) is 26.0 Å². The molecule has 3 nitrogen and oxygen atoms in total. The molecule has 0 spiro atoms. The van der Waals surface area contributed by atoms with Crippen molar-refractivity contribution >= 4 is 11.0 Å². The van der Waals surface area contributed by atoms with Crippen molar-refractivity contribution in [3.8, 4) is 0 Å². The van der Waals surface area contributed by atoms with Gasteiger partial charge in [-0.25, -0.2) is 4.98 Å². The summed E-state index contributed by atoms with van der Waals surface area (Å²) in [5, 5.41) is 0. The van der Waals surface area contributed by atoms with Gasteiger partial charge in [-0.05, 0) is 37.9 Å². The molecule has 2 rings (SSSR count). The van der Waals surface area contributed by atoms with Crippen LogP contribution < -0.4 is 5.73 Å². The van der Waals surface area contributed by atoms with Crippen molar-refractivity contribution in [2.75, 3.05) is 6.54 Å². The number of hydrogen-bond acceptors (Lipinski definition) is 2. The van der Waals surface area contributed by atoms with Crippen LogP contribution in [0.1, 0.15) is 44.9 Å². The van der Waals surface area contributed by atoms with Crippen LogP contribution in [0.4, 0.5) is 0 Å². The van der Waals surface area contributed by atoms with Crippen LogP contribution in [0.3, 0.4) is 0 Å². The highest BCUT2D eigenvalue weighted by Crippen LogP contribution is 2.25. The van der Waals surface area contributed by atoms with Gasteiger partial charge in [0, 0.05) is 12.5 Å². The molecule has 0 amide bonds. The van der Waals surface area contributed by atoms with Crippen molar-refractivity contribution in [1.29, 1.82) is 0 Å². The van der Waals surface area contributed by atoms with Crippen molar-refractivity contribution in [3.63, 3.8) is 0 Å². The van der Waals surface area contributed by atoms with E-state index in [1.54, 1.807) is 0 Å². The summed E-state index contributed by atoms with van der Waals surface area (Å²) in [7, 11) is 0. The maximum absolute atomic E-state index is 5.60. The minimum Gasteiger partial charge on any atom is -0.330 e. The normalized spacial score (nSPS) is 13.1. The smallest absolute Gasteiger partial charge is 0.112 e. The molecule has 18 heavy (non-hydrogen) atoms. The van der Waals surface area contributed by atoms with Crippen molar-refractivity contribution < 1.29 is 0 Å². The fourth-order valence-electron chi connectivity index (χ4n) is 2.48. The maximum atomic E-state index is 5.60. The Bertz CT molecular complexity index is 501. The lowest BCUT2D eigenvalue weighted by Gasteiger charge is -2.13. The molecule has 2 N–H and O–H groups in total. The summed E-state index contributed by atoms with van der Waals surface area (Å²) in [5.41, 5.74) is 7.97. The Hall–Kier alpha value is -1.35. The first-order valence-corrected chi connectivity index (χ1v) is 6.93. The molecule has 0 aliphatic rings. The van der Waals surface area contributed by atoms with Gasteiger partial charge in [0.2, 0.25) is 0 Å². The highest BCUT2D eigenvalue weighted by molar-refractivity contribution is 5.76. The summed E-state index contributed by atoms with van der Waals surface area (Å²) in [6, 6.07) is 8.41. The number of nitrogens with two attached hydrogens (primary N) is 1. The minimum atomic E-state index is 0.479. The molecule has 0 radical (unpaired) electrons. The minimum absolute atomic E-state index is 0.479. The molecular formula is C15H23N3. The monoisotopic (exact) mass is 245 g/mol. The lowest BCUT2D eigenvalue weighted by Crippen LogP contribution is -2.09. The third kappa shape index (κ3) is 2.56. The van der Waals surface area contributed by atoms with Crippen molar-refractivity contribution in [2.24, 2.45) is 5.73 Å². The molecule has 1 aromatic heterocycles. The first kappa shape index (κ1) is 13.1. The second-order valence-electron chi connectivity index (χ2n) is 4.94. The number of imidazole rings is 1. The Morgan fingerprint density at radius 3 is 2.83 bits per heavy atom. The zero-order valence-electron chi connectivity index (χ0n) is 11.4. The average Bonchev–Trinajstić information content (AvgIpc) is 2.76. The number of aromatic nitrogens is 2. The molecule has 98 valence electrons. The molecule has 0 saturated carbocycles. The molecule has 0 bridgehead atoms. The largest absolute Gasteiger partial charge is 0.330 e. The van der Waals surface area contributed by atoms with E-state index in [1.807, 2.05) is 0 Å². The molecule has 2 aromatic rings. The zero-order valence-corrected chi connectivity index (χ0v) is 11.4. The molecule has 0 saturated heterocycles. The fourth-order valence-corrected chi connectivity index (χ4v) is 2.48. The Morgan fingerprint density at radius 1 is 1.33 bits per heavy atom. The van der Waals surface area contributed by atoms with Crippen LogP contribution in [0.5, 0.6) is 0 Å². The SMILES string of the molecule is CCCn1c(C(C)CCCN)nc2ccccc21. The van der Waals surface area contributed by atoms with Crippen molar-refractivity contribution in [1.82, 2.24) is 9.55 Å². The second-order valence-corrected chi connectivity index (χ2v) is 4.94. The summed E-state index contributed by atoms with van der Waals surface area (Å²) in [4.78, 5) is 4.81. The molecule has 0 aliphatic carbocycles. The van der Waals surface area contributed by atoms with E-state index in [9.17, 15) is 0 Å². The van der Waals surface area contributed by atoms with Crippen LogP contribution in [-0.4, -0.2) is 16.1 Å². The molecule has 0 fully saturated rings. The Kier molecular flexibility index (Phi) is 4.37. The predicted molar refractivity (Wildman–Crippen MR) is 76.7 cm³/mol. The topological polar surface area (TPSA) is 43.8 Å². The lowest BCUT2D eigenvalue weighted by atomic mass is 10.0. The average molecular weight is 245 g/mol. The van der Waals surface area contributed by atoms with E-state index in [0.717, 1.165) is 37.9 Å². The number of hydrogen-bond donors (Lipinski definition) is 1. The van der Waals surface area contributed by atoms with Gasteiger partial charge < -0.3 is 10.3 Å². The van der Waals surface area contributed by atoms with E-state index in [0.29, 0.717) is 5.92 Å². The molecule has 1 unspecified atom stereocenters. The van der Waals surface area contributed by atoms with E-state index >= 15 is 0 Å². The van der Waals surface area contributed by atoms with E-state index in [1.165, 1.54) is 11.3 Å². The molecule has 1 atom stereocenters. The van der Waals surface area contributed by atoms with Gasteiger partial charge in [-0.15, -0.1) is 0 Å². The Morgan fingerprint density at radius 2 is 2.11 bits per heavy atom. The van der Waals surface area contributed by atoms with E-state index < -0.39 is 0 Å². The van der Waals surface area contributed by atoms with E-state index in [2.05, 4.69) is 42.7 Å². The summed E-state index contributed by atoms with van der Waals surface area (Å²) >= 11 is 0. The van der Waals surface area contributed by atoms with Crippen molar-refractivity contribution in [2.45, 2.75) is 45.6 Å². The van der Waals surface area contributed by atoms with Crippen molar-refractivity contribution in [3.05, 3.63) is 30.1 Å². The Labute approximate surface area is 109 Å². The molecule has 0 aliphatic heterocycles. The van der Waals surface area contributed by atoms with Gasteiger partial charge in [-0.2, -0.15) is 0 Å². The number of benzene rings is 1. The highest BCUT2D eigenvalue weighted by Gasteiger charge is 2.15. The number of nitrogens with zero attached hydrogens (tertiary/aromatic N) is 2. The molecule has 1 aromatic carbocycles. The standard InChI is InChI=1S/C15H23N3/c1-3-11-18-14-9-5-4-8-13(14)17-15(18)12(2)7-6-10-16/h4-5,8-9,12H,3,6-7,10-11,16H2,1-2H3. The third-order valence-corrected chi connectivity index (χ3v) is 3.41. The number of para-hydroxylation sites is 2. The van der Waals surface area contributed by atoms with Gasteiger partial charge in [0.25, 0.3) is 0 Å². The maximum Gasteiger partial charge on any atom is 0.112 e. The van der Waals surface area contributed by atoms with Gasteiger partial charge in [0.15, 0.2) is 0 Å². The summed E-state index contributed by atoms with van der Waals surface area (Å²) in [6.45, 7) is 6.27.